The van der Waals surface area contributed by atoms with Crippen molar-refractivity contribution in [2.24, 2.45) is 5.73 Å². The van der Waals surface area contributed by atoms with Gasteiger partial charge < -0.3 is 21.3 Å². The van der Waals surface area contributed by atoms with Gasteiger partial charge in [0.2, 0.25) is 5.91 Å². The lowest BCUT2D eigenvalue weighted by atomic mass is 10.2. The lowest BCUT2D eigenvalue weighted by Gasteiger charge is -2.24. The lowest BCUT2D eigenvalue weighted by Crippen LogP contribution is -2.39. The van der Waals surface area contributed by atoms with Gasteiger partial charge >= 0.3 is 0 Å². The molecule has 110 valence electrons. The van der Waals surface area contributed by atoms with Gasteiger partial charge in [-0.25, -0.2) is 4.98 Å². The average molecular weight is 279 g/mol. The summed E-state index contributed by atoms with van der Waals surface area (Å²) in [6, 6.07) is 1.49. The van der Waals surface area contributed by atoms with Crippen molar-refractivity contribution in [2.75, 3.05) is 37.3 Å². The summed E-state index contributed by atoms with van der Waals surface area (Å²) in [6.45, 7) is 5.34. The van der Waals surface area contributed by atoms with Crippen LogP contribution in [0.2, 0.25) is 0 Å². The number of hydrogen-bond acceptors (Lipinski definition) is 5. The first-order valence-electron chi connectivity index (χ1n) is 6.44. The first kappa shape index (κ1) is 15.7. The fraction of sp³-hybridized carbons (Fsp3) is 0.462. The van der Waals surface area contributed by atoms with Crippen molar-refractivity contribution in [2.45, 2.75) is 13.8 Å². The van der Waals surface area contributed by atoms with Gasteiger partial charge in [-0.15, -0.1) is 0 Å². The molecule has 2 amide bonds. The number of nitrogens with two attached hydrogens (primary N) is 2. The molecule has 0 fully saturated rings. The average Bonchev–Trinajstić information content (AvgIpc) is 2.40. The van der Waals surface area contributed by atoms with Crippen molar-refractivity contribution in [3.05, 3.63) is 17.8 Å². The molecule has 7 heteroatoms. The summed E-state index contributed by atoms with van der Waals surface area (Å²) in [5.74, 6) is -0.139. The molecule has 0 radical (unpaired) electrons. The maximum absolute atomic E-state index is 12.0. The Labute approximate surface area is 118 Å². The lowest BCUT2D eigenvalue weighted by molar-refractivity contribution is -0.129. The zero-order chi connectivity index (χ0) is 15.3. The molecular formula is C13H21N5O2. The number of carbonyl (C=O) groups is 2. The third-order valence-electron chi connectivity index (χ3n) is 3.07. The standard InChI is InChI=1S/C13H21N5O2/c1-4-18(5-2)12(19)8-17(3)11-6-9(13(15)20)10(14)7-16-11/h6-7H,4-5,8,14H2,1-3H3,(H2,15,20). The zero-order valence-corrected chi connectivity index (χ0v) is 12.1. The molecule has 20 heavy (non-hydrogen) atoms. The van der Waals surface area contributed by atoms with E-state index in [-0.39, 0.29) is 23.7 Å². The molecule has 0 aromatic carbocycles. The molecule has 1 rings (SSSR count). The highest BCUT2D eigenvalue weighted by molar-refractivity contribution is 5.98. The van der Waals surface area contributed by atoms with E-state index in [1.165, 1.54) is 12.3 Å². The Balaban J connectivity index is 2.87. The highest BCUT2D eigenvalue weighted by atomic mass is 16.2. The van der Waals surface area contributed by atoms with Crippen molar-refractivity contribution >= 4 is 23.3 Å². The largest absolute Gasteiger partial charge is 0.397 e. The maximum atomic E-state index is 12.0. The van der Waals surface area contributed by atoms with Crippen molar-refractivity contribution in [1.82, 2.24) is 9.88 Å². The van der Waals surface area contributed by atoms with Crippen LogP contribution >= 0.6 is 0 Å². The predicted octanol–water partition coefficient (Wildman–Crippen LogP) is 0.0673. The van der Waals surface area contributed by atoms with Crippen LogP contribution < -0.4 is 16.4 Å². The molecule has 0 saturated heterocycles. The number of pyridine rings is 1. The fourth-order valence-corrected chi connectivity index (χ4v) is 1.84. The van der Waals surface area contributed by atoms with Crippen molar-refractivity contribution in [1.29, 1.82) is 0 Å². The summed E-state index contributed by atoms with van der Waals surface area (Å²) < 4.78 is 0. The molecule has 0 aliphatic rings. The van der Waals surface area contributed by atoms with Gasteiger partial charge in [0.05, 0.1) is 24.0 Å². The molecule has 0 unspecified atom stereocenters. The number of primary amides is 1. The highest BCUT2D eigenvalue weighted by Crippen LogP contribution is 2.16. The number of nitrogen functional groups attached to an aromatic ring is 1. The fourth-order valence-electron chi connectivity index (χ4n) is 1.84. The Hall–Kier alpha value is -2.31. The number of nitrogens with zero attached hydrogens (tertiary/aromatic N) is 3. The number of anilines is 2. The molecule has 0 spiro atoms. The summed E-state index contributed by atoms with van der Waals surface area (Å²) in [5.41, 5.74) is 11.3. The zero-order valence-electron chi connectivity index (χ0n) is 12.1. The molecular weight excluding hydrogens is 258 g/mol. The number of rotatable bonds is 6. The van der Waals surface area contributed by atoms with Crippen LogP contribution in [0.3, 0.4) is 0 Å². The van der Waals surface area contributed by atoms with Crippen LogP contribution in [0.15, 0.2) is 12.3 Å². The van der Waals surface area contributed by atoms with E-state index in [4.69, 9.17) is 11.5 Å². The van der Waals surface area contributed by atoms with E-state index in [0.717, 1.165) is 0 Å². The molecule has 0 saturated carbocycles. The van der Waals surface area contributed by atoms with Gasteiger partial charge in [-0.1, -0.05) is 0 Å². The summed E-state index contributed by atoms with van der Waals surface area (Å²) >= 11 is 0. The van der Waals surface area contributed by atoms with E-state index in [0.29, 0.717) is 18.9 Å². The first-order chi connectivity index (χ1) is 9.40. The SMILES string of the molecule is CCN(CC)C(=O)CN(C)c1cc(C(N)=O)c(N)cn1. The van der Waals surface area contributed by atoms with E-state index in [1.54, 1.807) is 16.8 Å². The van der Waals surface area contributed by atoms with Crippen LogP contribution in [0.4, 0.5) is 11.5 Å². The van der Waals surface area contributed by atoms with E-state index in [1.807, 2.05) is 13.8 Å². The minimum absolute atomic E-state index is 0.00301. The quantitative estimate of drug-likeness (QED) is 0.766. The number of amides is 2. The topological polar surface area (TPSA) is 106 Å². The van der Waals surface area contributed by atoms with Crippen LogP contribution in [0.25, 0.3) is 0 Å². The Morgan fingerprint density at radius 1 is 1.30 bits per heavy atom. The second kappa shape index (κ2) is 6.74. The molecule has 0 aliphatic carbocycles. The molecule has 0 aliphatic heterocycles. The van der Waals surface area contributed by atoms with Crippen molar-refractivity contribution in [3.63, 3.8) is 0 Å². The van der Waals surface area contributed by atoms with E-state index in [2.05, 4.69) is 4.98 Å². The van der Waals surface area contributed by atoms with Gasteiger partial charge in [0.25, 0.3) is 5.91 Å². The van der Waals surface area contributed by atoms with Crippen LogP contribution in [-0.2, 0) is 4.79 Å². The Kier molecular flexibility index (Phi) is 5.31. The summed E-state index contributed by atoms with van der Waals surface area (Å²) in [7, 11) is 1.73. The third-order valence-corrected chi connectivity index (χ3v) is 3.07. The summed E-state index contributed by atoms with van der Waals surface area (Å²) in [4.78, 5) is 30.7. The van der Waals surface area contributed by atoms with Crippen LogP contribution in [0.5, 0.6) is 0 Å². The number of likely N-dealkylation sites (N-methyl/N-ethyl adjacent to an activating group) is 2. The van der Waals surface area contributed by atoms with Gasteiger partial charge in [0.15, 0.2) is 0 Å². The Bertz CT molecular complexity index is 500. The minimum Gasteiger partial charge on any atom is -0.397 e. The molecule has 4 N–H and O–H groups in total. The Morgan fingerprint density at radius 2 is 1.90 bits per heavy atom. The van der Waals surface area contributed by atoms with Crippen LogP contribution in [0.1, 0.15) is 24.2 Å². The van der Waals surface area contributed by atoms with E-state index >= 15 is 0 Å². The molecule has 1 aromatic heterocycles. The molecule has 0 bridgehead atoms. The molecule has 0 atom stereocenters. The van der Waals surface area contributed by atoms with Gasteiger partial charge in [0, 0.05) is 20.1 Å². The van der Waals surface area contributed by atoms with E-state index in [9.17, 15) is 9.59 Å². The van der Waals surface area contributed by atoms with Gasteiger partial charge in [-0.3, -0.25) is 9.59 Å². The van der Waals surface area contributed by atoms with Crippen LogP contribution in [-0.4, -0.2) is 48.4 Å². The molecule has 1 heterocycles. The Morgan fingerprint density at radius 3 is 2.40 bits per heavy atom. The van der Waals surface area contributed by atoms with Gasteiger partial charge in [-0.05, 0) is 19.9 Å². The number of carbonyl (C=O) groups excluding carboxylic acids is 2. The number of aromatic nitrogens is 1. The minimum atomic E-state index is -0.616. The second-order valence-electron chi connectivity index (χ2n) is 4.42. The summed E-state index contributed by atoms with van der Waals surface area (Å²) in [6.07, 6.45) is 1.37. The maximum Gasteiger partial charge on any atom is 0.250 e. The smallest absolute Gasteiger partial charge is 0.250 e. The van der Waals surface area contributed by atoms with Crippen molar-refractivity contribution in [3.8, 4) is 0 Å². The highest BCUT2D eigenvalue weighted by Gasteiger charge is 2.15. The second-order valence-corrected chi connectivity index (χ2v) is 4.42. The molecule has 7 nitrogen and oxygen atoms in total. The normalized spacial score (nSPS) is 10.2. The van der Waals surface area contributed by atoms with E-state index < -0.39 is 5.91 Å². The first-order valence-corrected chi connectivity index (χ1v) is 6.44. The number of hydrogen-bond donors (Lipinski definition) is 2. The van der Waals surface area contributed by atoms with Gasteiger partial charge in [-0.2, -0.15) is 0 Å². The van der Waals surface area contributed by atoms with Gasteiger partial charge in [0.1, 0.15) is 5.82 Å². The molecule has 1 aromatic rings. The van der Waals surface area contributed by atoms with Crippen LogP contribution in [0, 0.1) is 0 Å². The monoisotopic (exact) mass is 279 g/mol. The van der Waals surface area contributed by atoms with Crippen molar-refractivity contribution < 1.29 is 9.59 Å². The summed E-state index contributed by atoms with van der Waals surface area (Å²) in [5, 5.41) is 0. The third kappa shape index (κ3) is 3.59. The predicted molar refractivity (Wildman–Crippen MR) is 78.4 cm³/mol.